The molecule has 0 unspecified atom stereocenters. The smallest absolute Gasteiger partial charge is 0.170 e. The van der Waals surface area contributed by atoms with Gasteiger partial charge < -0.3 is 0 Å². The molecule has 0 aromatic rings. The monoisotopic (exact) mass is 207 g/mol. The lowest BCUT2D eigenvalue weighted by Crippen LogP contribution is -2.52. The Morgan fingerprint density at radius 3 is 1.38 bits per heavy atom. The maximum atomic E-state index is 11.8. The first-order chi connectivity index (χ1) is 5.56. The molecule has 0 atom stereocenters. The van der Waals surface area contributed by atoms with Gasteiger partial charge in [0.15, 0.2) is 0 Å². The van der Waals surface area contributed by atoms with Crippen LogP contribution in [0.25, 0.3) is 10.4 Å². The minimum atomic E-state index is -5.66. The maximum absolute atomic E-state index is 11.8. The summed E-state index contributed by atoms with van der Waals surface area (Å²) in [7, 11) is 0. The molecule has 9 heteroatoms. The van der Waals surface area contributed by atoms with Gasteiger partial charge in [0.2, 0.25) is 5.54 Å². The van der Waals surface area contributed by atoms with Gasteiger partial charge >= 0.3 is 12.4 Å². The van der Waals surface area contributed by atoms with Crippen molar-refractivity contribution >= 4 is 0 Å². The Bertz CT molecular complexity index is 219. The normalized spacial score (nSPS) is 13.8. The molecule has 0 spiro atoms. The van der Waals surface area contributed by atoms with Gasteiger partial charge in [-0.2, -0.15) is 26.3 Å². The largest absolute Gasteiger partial charge is 0.408 e. The lowest BCUT2D eigenvalue weighted by molar-refractivity contribution is -0.289. The third kappa shape index (κ3) is 1.97. The van der Waals surface area contributed by atoms with Crippen molar-refractivity contribution in [3.05, 3.63) is 10.4 Å². The van der Waals surface area contributed by atoms with E-state index in [0.29, 0.717) is 0 Å². The summed E-state index contributed by atoms with van der Waals surface area (Å²) in [5.41, 5.74) is 3.22. The molecule has 0 saturated carbocycles. The van der Waals surface area contributed by atoms with Crippen LogP contribution in [0.3, 0.4) is 0 Å². The molecule has 0 aliphatic rings. The first-order valence-corrected chi connectivity index (χ1v) is 2.76. The topological polar surface area (TPSA) is 48.8 Å². The minimum absolute atomic E-state index is 0.229. The van der Waals surface area contributed by atoms with Gasteiger partial charge in [-0.3, -0.25) is 0 Å². The molecule has 0 bridgehead atoms. The van der Waals surface area contributed by atoms with E-state index in [1.807, 2.05) is 0 Å². The fourth-order valence-electron chi connectivity index (χ4n) is 0.364. The molecule has 0 heterocycles. The highest BCUT2D eigenvalue weighted by Gasteiger charge is 2.67. The number of alkyl halides is 6. The van der Waals surface area contributed by atoms with Crippen LogP contribution in [0.15, 0.2) is 5.11 Å². The molecule has 3 nitrogen and oxygen atoms in total. The van der Waals surface area contributed by atoms with Gasteiger partial charge in [-0.1, -0.05) is 5.11 Å². The van der Waals surface area contributed by atoms with Crippen molar-refractivity contribution < 1.29 is 26.3 Å². The highest BCUT2D eigenvalue weighted by atomic mass is 19.4. The number of rotatable bonds is 1. The van der Waals surface area contributed by atoms with E-state index in [1.54, 1.807) is 5.11 Å². The van der Waals surface area contributed by atoms with Crippen molar-refractivity contribution in [2.45, 2.75) is 24.8 Å². The van der Waals surface area contributed by atoms with Crippen LogP contribution in [0.5, 0.6) is 0 Å². The molecule has 0 fully saturated rings. The number of halogens is 6. The Labute approximate surface area is 68.0 Å². The Balaban J connectivity index is 5.33. The fourth-order valence-corrected chi connectivity index (χ4v) is 0.364. The van der Waals surface area contributed by atoms with Gasteiger partial charge in [-0.15, -0.1) is 0 Å². The molecule has 76 valence electrons. The summed E-state index contributed by atoms with van der Waals surface area (Å²) in [6.07, 6.45) is -11.3. The molecular weight excluding hydrogens is 204 g/mol. The maximum Gasteiger partial charge on any atom is 0.408 e. The molecule has 0 rings (SSSR count). The van der Waals surface area contributed by atoms with Crippen LogP contribution < -0.4 is 0 Å². The third-order valence-electron chi connectivity index (χ3n) is 1.35. The summed E-state index contributed by atoms with van der Waals surface area (Å²) in [6, 6.07) is 0. The van der Waals surface area contributed by atoms with Gasteiger partial charge in [0.1, 0.15) is 0 Å². The summed E-state index contributed by atoms with van der Waals surface area (Å²) in [5, 5.41) is 1.73. The second-order valence-electron chi connectivity index (χ2n) is 2.26. The first-order valence-electron chi connectivity index (χ1n) is 2.76. The molecular formula is C4H3F6N3. The molecule has 0 aromatic heterocycles. The quantitative estimate of drug-likeness (QED) is 0.274. The Morgan fingerprint density at radius 1 is 1.00 bits per heavy atom. The number of hydrogen-bond acceptors (Lipinski definition) is 1. The SMILES string of the molecule is CC(N=[N+]=[N-])(C(F)(F)F)C(F)(F)F. The van der Waals surface area contributed by atoms with Crippen LogP contribution in [-0.4, -0.2) is 17.9 Å². The summed E-state index contributed by atoms with van der Waals surface area (Å²) >= 11 is 0. The van der Waals surface area contributed by atoms with Crippen molar-refractivity contribution in [3.8, 4) is 0 Å². The summed E-state index contributed by atoms with van der Waals surface area (Å²) in [4.78, 5) is 1.53. The van der Waals surface area contributed by atoms with E-state index >= 15 is 0 Å². The average molecular weight is 207 g/mol. The van der Waals surface area contributed by atoms with E-state index in [9.17, 15) is 26.3 Å². The van der Waals surface area contributed by atoms with Crippen LogP contribution >= 0.6 is 0 Å². The van der Waals surface area contributed by atoms with E-state index in [4.69, 9.17) is 5.53 Å². The van der Waals surface area contributed by atoms with Crippen LogP contribution in [-0.2, 0) is 0 Å². The highest BCUT2D eigenvalue weighted by Crippen LogP contribution is 2.45. The molecule has 0 aliphatic heterocycles. The van der Waals surface area contributed by atoms with Gasteiger partial charge in [0.25, 0.3) is 0 Å². The van der Waals surface area contributed by atoms with Crippen molar-refractivity contribution in [1.82, 2.24) is 0 Å². The highest BCUT2D eigenvalue weighted by molar-refractivity contribution is 4.97. The zero-order chi connectivity index (χ0) is 10.9. The predicted molar refractivity (Wildman–Crippen MR) is 29.7 cm³/mol. The zero-order valence-corrected chi connectivity index (χ0v) is 6.11. The fraction of sp³-hybridized carbons (Fsp3) is 1.00. The Morgan fingerprint density at radius 2 is 1.31 bits per heavy atom. The number of azide groups is 1. The first kappa shape index (κ1) is 11.9. The van der Waals surface area contributed by atoms with Crippen molar-refractivity contribution in [1.29, 1.82) is 0 Å². The molecule has 0 saturated heterocycles. The van der Waals surface area contributed by atoms with Crippen LogP contribution in [0.1, 0.15) is 6.92 Å². The van der Waals surface area contributed by atoms with E-state index in [2.05, 4.69) is 0 Å². The third-order valence-corrected chi connectivity index (χ3v) is 1.35. The minimum Gasteiger partial charge on any atom is -0.170 e. The van der Waals surface area contributed by atoms with Crippen LogP contribution in [0.4, 0.5) is 26.3 Å². The molecule has 0 amide bonds. The van der Waals surface area contributed by atoms with E-state index in [-0.39, 0.29) is 6.92 Å². The second kappa shape index (κ2) is 2.99. The summed E-state index contributed by atoms with van der Waals surface area (Å²) in [5.74, 6) is 0. The van der Waals surface area contributed by atoms with Gasteiger partial charge in [0.05, 0.1) is 0 Å². The lowest BCUT2D eigenvalue weighted by atomic mass is 10.0. The second-order valence-corrected chi connectivity index (χ2v) is 2.26. The molecule has 13 heavy (non-hydrogen) atoms. The van der Waals surface area contributed by atoms with E-state index < -0.39 is 17.9 Å². The Kier molecular flexibility index (Phi) is 2.73. The summed E-state index contributed by atoms with van der Waals surface area (Å²) < 4.78 is 70.8. The van der Waals surface area contributed by atoms with E-state index in [0.717, 1.165) is 0 Å². The average Bonchev–Trinajstić information content (AvgIpc) is 1.82. The molecule has 0 radical (unpaired) electrons. The van der Waals surface area contributed by atoms with Crippen molar-refractivity contribution in [2.24, 2.45) is 5.11 Å². The summed E-state index contributed by atoms with van der Waals surface area (Å²) in [6.45, 7) is -0.229. The molecule has 0 aromatic carbocycles. The van der Waals surface area contributed by atoms with Crippen LogP contribution in [0, 0.1) is 0 Å². The molecule has 0 N–H and O–H groups in total. The Hall–Kier alpha value is -1.11. The van der Waals surface area contributed by atoms with E-state index in [1.165, 1.54) is 4.91 Å². The van der Waals surface area contributed by atoms with Gasteiger partial charge in [0, 0.05) is 4.91 Å². The zero-order valence-electron chi connectivity index (χ0n) is 6.11. The molecule has 0 aliphatic carbocycles. The van der Waals surface area contributed by atoms with Gasteiger partial charge in [-0.05, 0) is 12.5 Å². The van der Waals surface area contributed by atoms with Gasteiger partial charge in [-0.25, -0.2) is 0 Å². The lowest BCUT2D eigenvalue weighted by Gasteiger charge is -2.28. The number of hydrogen-bond donors (Lipinski definition) is 0. The van der Waals surface area contributed by atoms with Crippen LogP contribution in [0.2, 0.25) is 0 Å². The number of nitrogens with zero attached hydrogens (tertiary/aromatic N) is 3. The standard InChI is InChI=1S/C4H3F6N3/c1-2(12-13-11,3(5,6)7)4(8,9)10/h1H3. The van der Waals surface area contributed by atoms with Crippen molar-refractivity contribution in [2.75, 3.05) is 0 Å². The predicted octanol–water partition coefficient (Wildman–Crippen LogP) is 3.18. The van der Waals surface area contributed by atoms with Crippen molar-refractivity contribution in [3.63, 3.8) is 0 Å².